The maximum Gasteiger partial charge on any atom is 0.0950 e. The first-order valence-electron chi connectivity index (χ1n) is 5.96. The standard InChI is InChI=1S/C12H23N3O/c1-4-11(2)8-15-9-12(14-10-15)7-13-5-6-16-3/h9-11,13H,4-8H2,1-3H3. The molecule has 4 nitrogen and oxygen atoms in total. The average molecular weight is 225 g/mol. The van der Waals surface area contributed by atoms with Gasteiger partial charge in [0.05, 0.1) is 18.6 Å². The van der Waals surface area contributed by atoms with E-state index >= 15 is 0 Å². The first-order valence-corrected chi connectivity index (χ1v) is 5.96. The molecule has 1 rings (SSSR count). The number of imidazole rings is 1. The van der Waals surface area contributed by atoms with Crippen LogP contribution in [0.15, 0.2) is 12.5 Å². The van der Waals surface area contributed by atoms with Gasteiger partial charge in [-0.3, -0.25) is 0 Å². The quantitative estimate of drug-likeness (QED) is 0.684. The van der Waals surface area contributed by atoms with Crippen molar-refractivity contribution < 1.29 is 4.74 Å². The van der Waals surface area contributed by atoms with Gasteiger partial charge in [-0.05, 0) is 5.92 Å². The zero-order valence-electron chi connectivity index (χ0n) is 10.6. The minimum Gasteiger partial charge on any atom is -0.383 e. The lowest BCUT2D eigenvalue weighted by Crippen LogP contribution is -2.18. The molecule has 0 amide bonds. The van der Waals surface area contributed by atoms with Gasteiger partial charge in [-0.2, -0.15) is 0 Å². The number of methoxy groups -OCH3 is 1. The molecule has 0 fully saturated rings. The van der Waals surface area contributed by atoms with Gasteiger partial charge in [0.15, 0.2) is 0 Å². The van der Waals surface area contributed by atoms with Crippen LogP contribution in [0.25, 0.3) is 0 Å². The zero-order valence-corrected chi connectivity index (χ0v) is 10.6. The van der Waals surface area contributed by atoms with Crippen molar-refractivity contribution in [2.45, 2.75) is 33.4 Å². The summed E-state index contributed by atoms with van der Waals surface area (Å²) in [5.41, 5.74) is 1.10. The smallest absolute Gasteiger partial charge is 0.0950 e. The van der Waals surface area contributed by atoms with E-state index in [-0.39, 0.29) is 0 Å². The largest absolute Gasteiger partial charge is 0.383 e. The molecule has 0 aliphatic heterocycles. The third-order valence-corrected chi connectivity index (χ3v) is 2.70. The predicted molar refractivity (Wildman–Crippen MR) is 65.3 cm³/mol. The molecule has 16 heavy (non-hydrogen) atoms. The Balaban J connectivity index is 2.28. The minimum absolute atomic E-state index is 0.712. The molecular formula is C12H23N3O. The summed E-state index contributed by atoms with van der Waals surface area (Å²) in [6, 6.07) is 0. The minimum atomic E-state index is 0.712. The van der Waals surface area contributed by atoms with E-state index in [1.165, 1.54) is 6.42 Å². The van der Waals surface area contributed by atoms with Crippen molar-refractivity contribution in [1.29, 1.82) is 0 Å². The third-order valence-electron chi connectivity index (χ3n) is 2.70. The SMILES string of the molecule is CCC(C)Cn1cnc(CNCCOC)c1. The van der Waals surface area contributed by atoms with Crippen molar-refractivity contribution in [3.63, 3.8) is 0 Å². The van der Waals surface area contributed by atoms with Gasteiger partial charge in [-0.25, -0.2) is 4.98 Å². The van der Waals surface area contributed by atoms with Gasteiger partial charge in [0.1, 0.15) is 0 Å². The molecule has 0 aromatic carbocycles. The summed E-state index contributed by atoms with van der Waals surface area (Å²) in [4.78, 5) is 4.36. The number of nitrogens with zero attached hydrogens (tertiary/aromatic N) is 2. The van der Waals surface area contributed by atoms with Crippen LogP contribution in [0.1, 0.15) is 26.0 Å². The topological polar surface area (TPSA) is 39.1 Å². The number of ether oxygens (including phenoxy) is 1. The molecule has 0 bridgehead atoms. The highest BCUT2D eigenvalue weighted by Crippen LogP contribution is 2.05. The molecule has 0 saturated carbocycles. The Labute approximate surface area is 98.0 Å². The number of nitrogens with one attached hydrogen (secondary N) is 1. The van der Waals surface area contributed by atoms with Crippen LogP contribution in [0.4, 0.5) is 0 Å². The zero-order chi connectivity index (χ0) is 11.8. The van der Waals surface area contributed by atoms with Gasteiger partial charge >= 0.3 is 0 Å². The fourth-order valence-corrected chi connectivity index (χ4v) is 1.48. The van der Waals surface area contributed by atoms with Gasteiger partial charge in [0.2, 0.25) is 0 Å². The lowest BCUT2D eigenvalue weighted by Gasteiger charge is -2.08. The van der Waals surface area contributed by atoms with Crippen molar-refractivity contribution in [1.82, 2.24) is 14.9 Å². The molecule has 1 aromatic rings. The summed E-state index contributed by atoms with van der Waals surface area (Å²) in [5, 5.41) is 3.28. The first kappa shape index (κ1) is 13.2. The van der Waals surface area contributed by atoms with Gasteiger partial charge in [-0.15, -0.1) is 0 Å². The molecule has 1 heterocycles. The van der Waals surface area contributed by atoms with Crippen LogP contribution < -0.4 is 5.32 Å². The Hall–Kier alpha value is -0.870. The summed E-state index contributed by atoms with van der Waals surface area (Å²) in [5.74, 6) is 0.712. The number of hydrogen-bond donors (Lipinski definition) is 1. The van der Waals surface area contributed by atoms with Crippen molar-refractivity contribution in [3.8, 4) is 0 Å². The molecule has 1 atom stereocenters. The number of hydrogen-bond acceptors (Lipinski definition) is 3. The molecule has 0 aliphatic carbocycles. The van der Waals surface area contributed by atoms with Crippen LogP contribution in [-0.4, -0.2) is 29.8 Å². The molecule has 0 spiro atoms. The lowest BCUT2D eigenvalue weighted by atomic mass is 10.1. The van der Waals surface area contributed by atoms with E-state index in [1.54, 1.807) is 7.11 Å². The predicted octanol–water partition coefficient (Wildman–Crippen LogP) is 1.67. The van der Waals surface area contributed by atoms with E-state index < -0.39 is 0 Å². The van der Waals surface area contributed by atoms with Gasteiger partial charge < -0.3 is 14.6 Å². The van der Waals surface area contributed by atoms with E-state index in [0.29, 0.717) is 5.92 Å². The maximum absolute atomic E-state index is 4.96. The van der Waals surface area contributed by atoms with Gasteiger partial charge in [-0.1, -0.05) is 20.3 Å². The Morgan fingerprint density at radius 2 is 2.38 bits per heavy atom. The van der Waals surface area contributed by atoms with Crippen LogP contribution in [0, 0.1) is 5.92 Å². The van der Waals surface area contributed by atoms with Crippen molar-refractivity contribution >= 4 is 0 Å². The highest BCUT2D eigenvalue weighted by molar-refractivity contribution is 4.96. The highest BCUT2D eigenvalue weighted by Gasteiger charge is 2.02. The number of aromatic nitrogens is 2. The fourth-order valence-electron chi connectivity index (χ4n) is 1.48. The molecule has 1 unspecified atom stereocenters. The highest BCUT2D eigenvalue weighted by atomic mass is 16.5. The van der Waals surface area contributed by atoms with Crippen LogP contribution in [0.5, 0.6) is 0 Å². The van der Waals surface area contributed by atoms with Crippen LogP contribution in [0.2, 0.25) is 0 Å². The Bertz CT molecular complexity index is 286. The van der Waals surface area contributed by atoms with Gasteiger partial charge in [0, 0.05) is 32.9 Å². The Morgan fingerprint density at radius 3 is 3.06 bits per heavy atom. The van der Waals surface area contributed by atoms with Crippen LogP contribution in [0.3, 0.4) is 0 Å². The lowest BCUT2D eigenvalue weighted by molar-refractivity contribution is 0.199. The molecule has 4 heteroatoms. The molecule has 0 saturated heterocycles. The summed E-state index contributed by atoms with van der Waals surface area (Å²) >= 11 is 0. The number of rotatable bonds is 8. The van der Waals surface area contributed by atoms with E-state index in [0.717, 1.165) is 31.9 Å². The van der Waals surface area contributed by atoms with Crippen molar-refractivity contribution in [2.75, 3.05) is 20.3 Å². The summed E-state index contributed by atoms with van der Waals surface area (Å²) in [6.07, 6.45) is 5.24. The van der Waals surface area contributed by atoms with Gasteiger partial charge in [0.25, 0.3) is 0 Å². The molecule has 0 radical (unpaired) electrons. The molecule has 1 aromatic heterocycles. The summed E-state index contributed by atoms with van der Waals surface area (Å²) in [7, 11) is 1.71. The monoisotopic (exact) mass is 225 g/mol. The van der Waals surface area contributed by atoms with Crippen LogP contribution >= 0.6 is 0 Å². The second kappa shape index (κ2) is 7.41. The summed E-state index contributed by atoms with van der Waals surface area (Å²) < 4.78 is 7.13. The Kier molecular flexibility index (Phi) is 6.11. The van der Waals surface area contributed by atoms with Crippen molar-refractivity contribution in [2.24, 2.45) is 5.92 Å². The second-order valence-electron chi connectivity index (χ2n) is 4.24. The second-order valence-corrected chi connectivity index (χ2v) is 4.24. The van der Waals surface area contributed by atoms with E-state index in [2.05, 4.69) is 34.9 Å². The maximum atomic E-state index is 4.96. The van der Waals surface area contributed by atoms with Crippen LogP contribution in [-0.2, 0) is 17.8 Å². The Morgan fingerprint density at radius 1 is 1.56 bits per heavy atom. The molecule has 0 aliphatic rings. The molecule has 92 valence electrons. The van der Waals surface area contributed by atoms with Crippen molar-refractivity contribution in [3.05, 3.63) is 18.2 Å². The van der Waals surface area contributed by atoms with E-state index in [9.17, 15) is 0 Å². The van der Waals surface area contributed by atoms with E-state index in [1.807, 2.05) is 6.33 Å². The molecular weight excluding hydrogens is 202 g/mol. The normalized spacial score (nSPS) is 12.9. The average Bonchev–Trinajstić information content (AvgIpc) is 2.72. The summed E-state index contributed by atoms with van der Waals surface area (Å²) in [6.45, 7) is 7.96. The third kappa shape index (κ3) is 4.77. The fraction of sp³-hybridized carbons (Fsp3) is 0.750. The first-order chi connectivity index (χ1) is 7.76. The van der Waals surface area contributed by atoms with E-state index in [4.69, 9.17) is 4.74 Å². The molecule has 1 N–H and O–H groups in total.